The highest BCUT2D eigenvalue weighted by Gasteiger charge is 2.71. The van der Waals surface area contributed by atoms with E-state index < -0.39 is 28.7 Å². The highest BCUT2D eigenvalue weighted by Crippen LogP contribution is 2.61. The number of likely N-dealkylation sites (tertiary alicyclic amines) is 1. The Balaban J connectivity index is 1.58. The maximum absolute atomic E-state index is 14.6. The number of thioether (sulfide) groups is 1. The number of hydrogen-bond donors (Lipinski definition) is 1. The smallest absolute Gasteiger partial charge is 0.247 e. The van der Waals surface area contributed by atoms with Crippen molar-refractivity contribution in [1.29, 1.82) is 0 Å². The average molecular weight is 596 g/mol. The predicted octanol–water partition coefficient (Wildman–Crippen LogP) is 4.28. The molecule has 0 bridgehead atoms. The molecule has 7 atom stereocenters. The van der Waals surface area contributed by atoms with Crippen LogP contribution in [0, 0.1) is 17.8 Å². The van der Waals surface area contributed by atoms with E-state index in [1.807, 2.05) is 48.2 Å². The van der Waals surface area contributed by atoms with Crippen LogP contribution in [0.3, 0.4) is 0 Å². The summed E-state index contributed by atoms with van der Waals surface area (Å²) in [5.74, 6) is -0.766. The van der Waals surface area contributed by atoms with Crippen molar-refractivity contribution in [3.63, 3.8) is 0 Å². The molecule has 4 aliphatic heterocycles. The predicted molar refractivity (Wildman–Crippen MR) is 166 cm³/mol. The standard InChI is InChI=1S/C33H45N3O5S/c1-6-10-22(5)34-18-9-16-33-28(31(39)36(29(33)32(34)40)24(20-37)19-21(3)4)27-26(42-33)11-8-17-35(30(27)38)23-12-14-25(15-13-23)41-7-2/h8-9,11-16,21-22,24,26-29,37H,6-7,10,17-20H2,1-5H3/t22?,24-,26+,27-,28+,29?,33+/m1/s1. The molecule has 1 spiro atoms. The van der Waals surface area contributed by atoms with E-state index in [1.54, 1.807) is 21.6 Å². The molecule has 42 heavy (non-hydrogen) atoms. The highest BCUT2D eigenvalue weighted by molar-refractivity contribution is 8.02. The molecule has 1 aromatic rings. The third-order valence-electron chi connectivity index (χ3n) is 9.17. The minimum atomic E-state index is -0.892. The number of hydrogen-bond acceptors (Lipinski definition) is 6. The van der Waals surface area contributed by atoms with Crippen LogP contribution < -0.4 is 9.64 Å². The van der Waals surface area contributed by atoms with E-state index in [9.17, 15) is 19.5 Å². The van der Waals surface area contributed by atoms with Gasteiger partial charge in [-0.05, 0) is 56.9 Å². The van der Waals surface area contributed by atoms with E-state index in [0.29, 0.717) is 26.1 Å². The van der Waals surface area contributed by atoms with Crippen molar-refractivity contribution in [1.82, 2.24) is 9.80 Å². The molecule has 4 heterocycles. The zero-order chi connectivity index (χ0) is 30.2. The van der Waals surface area contributed by atoms with Gasteiger partial charge in [-0.25, -0.2) is 0 Å². The lowest BCUT2D eigenvalue weighted by molar-refractivity contribution is -0.147. The fraction of sp³-hybridized carbons (Fsp3) is 0.606. The Morgan fingerprint density at radius 3 is 2.40 bits per heavy atom. The molecule has 5 rings (SSSR count). The first-order valence-electron chi connectivity index (χ1n) is 15.5. The Morgan fingerprint density at radius 2 is 1.76 bits per heavy atom. The second-order valence-electron chi connectivity index (χ2n) is 12.4. The lowest BCUT2D eigenvalue weighted by Gasteiger charge is -2.40. The molecule has 2 fully saturated rings. The van der Waals surface area contributed by atoms with E-state index in [0.717, 1.165) is 24.3 Å². The molecule has 3 amide bonds. The molecule has 0 aliphatic carbocycles. The minimum absolute atomic E-state index is 0.0181. The van der Waals surface area contributed by atoms with Crippen molar-refractivity contribution in [2.75, 3.05) is 31.2 Å². The average Bonchev–Trinajstić information content (AvgIpc) is 3.28. The molecule has 8 nitrogen and oxygen atoms in total. The first-order valence-corrected chi connectivity index (χ1v) is 16.4. The molecule has 228 valence electrons. The first-order chi connectivity index (χ1) is 20.2. The van der Waals surface area contributed by atoms with Gasteiger partial charge in [-0.3, -0.25) is 14.4 Å². The fourth-order valence-electron chi connectivity index (χ4n) is 7.40. The largest absolute Gasteiger partial charge is 0.494 e. The van der Waals surface area contributed by atoms with E-state index in [2.05, 4.69) is 39.8 Å². The third kappa shape index (κ3) is 5.17. The minimum Gasteiger partial charge on any atom is -0.494 e. The number of carbonyl (C=O) groups excluding carboxylic acids is 3. The summed E-state index contributed by atoms with van der Waals surface area (Å²) in [7, 11) is 0. The number of fused-ring (bicyclic) bond motifs is 2. The SMILES string of the molecule is CCCC(C)N1CC=C[C@]23S[C@H]4C=CCN(c5ccc(OCC)cc5)C(=O)[C@H]4[C@H]2C(=O)N([C@@H](CO)CC(C)C)C3C1=O. The Morgan fingerprint density at radius 1 is 1.02 bits per heavy atom. The number of aliphatic hydroxyl groups excluding tert-OH is 1. The summed E-state index contributed by atoms with van der Waals surface area (Å²) >= 11 is 1.59. The normalized spacial score (nSPS) is 30.3. The highest BCUT2D eigenvalue weighted by atomic mass is 32.2. The number of nitrogens with zero attached hydrogens (tertiary/aromatic N) is 3. The molecule has 0 radical (unpaired) electrons. The second-order valence-corrected chi connectivity index (χ2v) is 13.9. The van der Waals surface area contributed by atoms with Gasteiger partial charge in [0.05, 0.1) is 35.8 Å². The van der Waals surface area contributed by atoms with Crippen LogP contribution in [0.1, 0.15) is 53.9 Å². The Hall–Kier alpha value is -2.78. The van der Waals surface area contributed by atoms with Gasteiger partial charge in [-0.15, -0.1) is 11.8 Å². The topological polar surface area (TPSA) is 90.4 Å². The van der Waals surface area contributed by atoms with Crippen LogP contribution in [0.2, 0.25) is 0 Å². The van der Waals surface area contributed by atoms with Crippen LogP contribution in [0.15, 0.2) is 48.6 Å². The summed E-state index contributed by atoms with van der Waals surface area (Å²) in [6, 6.07) is 6.22. The number of aliphatic hydroxyl groups is 1. The Labute approximate surface area is 254 Å². The number of benzene rings is 1. The number of carbonyl (C=O) groups is 3. The Kier molecular flexibility index (Phi) is 9.09. The summed E-state index contributed by atoms with van der Waals surface area (Å²) in [6.45, 7) is 11.4. The summed E-state index contributed by atoms with van der Waals surface area (Å²) in [5, 5.41) is 10.3. The van der Waals surface area contributed by atoms with Gasteiger partial charge >= 0.3 is 0 Å². The monoisotopic (exact) mass is 595 g/mol. The van der Waals surface area contributed by atoms with E-state index in [4.69, 9.17) is 4.74 Å². The van der Waals surface area contributed by atoms with Gasteiger partial charge in [0.2, 0.25) is 17.7 Å². The number of amides is 3. The Bertz CT molecular complexity index is 1230. The van der Waals surface area contributed by atoms with Crippen LogP contribution in [0.4, 0.5) is 5.69 Å². The van der Waals surface area contributed by atoms with E-state index >= 15 is 0 Å². The zero-order valence-electron chi connectivity index (χ0n) is 25.4. The lowest BCUT2D eigenvalue weighted by Crippen LogP contribution is -2.58. The number of anilines is 1. The number of ether oxygens (including phenoxy) is 1. The van der Waals surface area contributed by atoms with E-state index in [1.165, 1.54) is 0 Å². The first kappa shape index (κ1) is 30.7. The zero-order valence-corrected chi connectivity index (χ0v) is 26.3. The van der Waals surface area contributed by atoms with Gasteiger partial charge in [0.15, 0.2) is 0 Å². The molecule has 0 saturated carbocycles. The summed E-state index contributed by atoms with van der Waals surface area (Å²) < 4.78 is 4.71. The summed E-state index contributed by atoms with van der Waals surface area (Å²) in [4.78, 5) is 49.0. The molecular formula is C33H45N3O5S. The van der Waals surface area contributed by atoms with Crippen molar-refractivity contribution in [3.05, 3.63) is 48.6 Å². The van der Waals surface area contributed by atoms with Gasteiger partial charge < -0.3 is 24.5 Å². The molecule has 2 saturated heterocycles. The van der Waals surface area contributed by atoms with Crippen molar-refractivity contribution in [3.8, 4) is 5.75 Å². The third-order valence-corrected chi connectivity index (χ3v) is 10.9. The molecule has 0 aromatic heterocycles. The van der Waals surface area contributed by atoms with Crippen LogP contribution in [-0.4, -0.2) is 87.1 Å². The van der Waals surface area contributed by atoms with E-state index in [-0.39, 0.29) is 41.5 Å². The molecular weight excluding hydrogens is 550 g/mol. The molecule has 2 unspecified atom stereocenters. The lowest BCUT2D eigenvalue weighted by atomic mass is 9.78. The summed E-state index contributed by atoms with van der Waals surface area (Å²) in [5.41, 5.74) is 0.749. The van der Waals surface area contributed by atoms with Gasteiger partial charge in [0.1, 0.15) is 11.8 Å². The van der Waals surface area contributed by atoms with Crippen LogP contribution in [0.5, 0.6) is 5.75 Å². The molecule has 9 heteroatoms. The second kappa shape index (κ2) is 12.4. The summed E-state index contributed by atoms with van der Waals surface area (Å²) in [6.07, 6.45) is 10.5. The van der Waals surface area contributed by atoms with Crippen molar-refractivity contribution in [2.24, 2.45) is 17.8 Å². The molecule has 1 aromatic carbocycles. The van der Waals surface area contributed by atoms with Crippen LogP contribution in [-0.2, 0) is 14.4 Å². The van der Waals surface area contributed by atoms with Crippen molar-refractivity contribution in [2.45, 2.75) is 82.0 Å². The van der Waals surface area contributed by atoms with Crippen molar-refractivity contribution < 1.29 is 24.2 Å². The van der Waals surface area contributed by atoms with Gasteiger partial charge in [-0.1, -0.05) is 51.5 Å². The maximum atomic E-state index is 14.6. The van der Waals surface area contributed by atoms with Crippen LogP contribution >= 0.6 is 11.8 Å². The molecule has 4 aliphatic rings. The van der Waals surface area contributed by atoms with Crippen LogP contribution in [0.25, 0.3) is 0 Å². The fourth-order valence-corrected chi connectivity index (χ4v) is 9.39. The molecule has 1 N–H and O–H groups in total. The van der Waals surface area contributed by atoms with Crippen molar-refractivity contribution >= 4 is 35.2 Å². The maximum Gasteiger partial charge on any atom is 0.247 e. The van der Waals surface area contributed by atoms with Gasteiger partial charge in [-0.2, -0.15) is 0 Å². The van der Waals surface area contributed by atoms with Gasteiger partial charge in [0.25, 0.3) is 0 Å². The number of rotatable bonds is 10. The van der Waals surface area contributed by atoms with Gasteiger partial charge in [0, 0.05) is 30.1 Å². The quantitative estimate of drug-likeness (QED) is 0.406.